The molecule has 0 unspecified atom stereocenters. The van der Waals surface area contributed by atoms with Gasteiger partial charge in [0.05, 0.1) is 23.0 Å². The molecule has 0 spiro atoms. The minimum Gasteiger partial charge on any atom is -0.496 e. The Balaban J connectivity index is 1.67. The number of nitro groups is 1. The lowest BCUT2D eigenvalue weighted by Gasteiger charge is -2.33. The van der Waals surface area contributed by atoms with Crippen LogP contribution in [-0.2, 0) is 10.0 Å². The van der Waals surface area contributed by atoms with Crippen molar-refractivity contribution < 1.29 is 27.3 Å². The average molecular weight is 438 g/mol. The highest BCUT2D eigenvalue weighted by Gasteiger charge is 2.31. The van der Waals surface area contributed by atoms with Gasteiger partial charge in [-0.15, -0.1) is 0 Å². The summed E-state index contributed by atoms with van der Waals surface area (Å²) in [5.41, 5.74) is -0.323. The molecule has 1 N–H and O–H groups in total. The number of amides is 2. The molecule has 0 atom stereocenters. The Morgan fingerprint density at radius 3 is 2.47 bits per heavy atom. The van der Waals surface area contributed by atoms with Gasteiger partial charge in [-0.3, -0.25) is 10.1 Å². The van der Waals surface area contributed by atoms with Crippen molar-refractivity contribution in [1.82, 2.24) is 9.21 Å². The van der Waals surface area contributed by atoms with Crippen molar-refractivity contribution in [1.29, 1.82) is 0 Å². The molecule has 0 aromatic heterocycles. The number of anilines is 1. The molecule has 0 saturated carbocycles. The Kier molecular flexibility index (Phi) is 6.17. The van der Waals surface area contributed by atoms with Crippen LogP contribution in [0.3, 0.4) is 0 Å². The van der Waals surface area contributed by atoms with Crippen LogP contribution in [0.15, 0.2) is 47.4 Å². The second kappa shape index (κ2) is 8.63. The number of carbonyl (C=O) groups is 1. The second-order valence-electron chi connectivity index (χ2n) is 6.42. The number of rotatable bonds is 5. The number of piperazine rings is 1. The van der Waals surface area contributed by atoms with Crippen molar-refractivity contribution in [3.05, 3.63) is 58.4 Å². The van der Waals surface area contributed by atoms with Crippen LogP contribution < -0.4 is 10.1 Å². The molecule has 2 aromatic carbocycles. The lowest BCUT2D eigenvalue weighted by Crippen LogP contribution is -2.51. The summed E-state index contributed by atoms with van der Waals surface area (Å²) < 4.78 is 44.8. The molecule has 1 saturated heterocycles. The number of nitrogens with one attached hydrogen (secondary N) is 1. The predicted molar refractivity (Wildman–Crippen MR) is 105 cm³/mol. The molecular formula is C18H19FN4O6S. The molecule has 1 heterocycles. The average Bonchev–Trinajstić information content (AvgIpc) is 2.74. The number of hydrogen-bond acceptors (Lipinski definition) is 6. The maximum absolute atomic E-state index is 13.4. The molecular weight excluding hydrogens is 419 g/mol. The number of urea groups is 1. The zero-order chi connectivity index (χ0) is 21.9. The third-order valence-electron chi connectivity index (χ3n) is 4.60. The zero-order valence-corrected chi connectivity index (χ0v) is 16.8. The molecule has 2 amide bonds. The van der Waals surface area contributed by atoms with Gasteiger partial charge < -0.3 is 15.0 Å². The fourth-order valence-corrected chi connectivity index (χ4v) is 4.45. The van der Waals surface area contributed by atoms with Gasteiger partial charge in [-0.2, -0.15) is 4.31 Å². The molecule has 3 rings (SSSR count). The van der Waals surface area contributed by atoms with E-state index in [4.69, 9.17) is 4.74 Å². The van der Waals surface area contributed by atoms with Gasteiger partial charge in [0.1, 0.15) is 17.3 Å². The summed E-state index contributed by atoms with van der Waals surface area (Å²) in [6.45, 7) is 0.169. The summed E-state index contributed by atoms with van der Waals surface area (Å²) in [6.07, 6.45) is 0. The standard InChI is InChI=1S/C18H19FN4O6S/c1-29-14-5-6-16(17(12-14)23(25)26)20-18(24)21-7-9-22(10-8-21)30(27,28)15-4-2-3-13(19)11-15/h2-6,11-12H,7-10H2,1H3,(H,20,24). The van der Waals surface area contributed by atoms with Crippen molar-refractivity contribution in [2.75, 3.05) is 38.6 Å². The van der Waals surface area contributed by atoms with Crippen LogP contribution in [0.5, 0.6) is 5.75 Å². The second-order valence-corrected chi connectivity index (χ2v) is 8.36. The summed E-state index contributed by atoms with van der Waals surface area (Å²) in [7, 11) is -2.52. The van der Waals surface area contributed by atoms with Crippen molar-refractivity contribution in [2.24, 2.45) is 0 Å². The third-order valence-corrected chi connectivity index (χ3v) is 6.50. The van der Waals surface area contributed by atoms with E-state index in [-0.39, 0.29) is 48.2 Å². The van der Waals surface area contributed by atoms with E-state index in [0.717, 1.165) is 12.1 Å². The van der Waals surface area contributed by atoms with Gasteiger partial charge in [0.2, 0.25) is 10.0 Å². The van der Waals surface area contributed by atoms with Crippen LogP contribution in [-0.4, -0.2) is 61.9 Å². The van der Waals surface area contributed by atoms with Gasteiger partial charge in [-0.25, -0.2) is 17.6 Å². The van der Waals surface area contributed by atoms with E-state index in [9.17, 15) is 27.7 Å². The lowest BCUT2D eigenvalue weighted by atomic mass is 10.2. The van der Waals surface area contributed by atoms with Crippen LogP contribution in [0.4, 0.5) is 20.6 Å². The van der Waals surface area contributed by atoms with Crippen molar-refractivity contribution in [2.45, 2.75) is 4.90 Å². The molecule has 0 bridgehead atoms. The summed E-state index contributed by atoms with van der Waals surface area (Å²) in [6, 6.07) is 8.15. The molecule has 160 valence electrons. The molecule has 1 aliphatic rings. The lowest BCUT2D eigenvalue weighted by molar-refractivity contribution is -0.384. The molecule has 30 heavy (non-hydrogen) atoms. The summed E-state index contributed by atoms with van der Waals surface area (Å²) in [5, 5.41) is 13.7. The number of methoxy groups -OCH3 is 1. The minimum atomic E-state index is -3.89. The van der Waals surface area contributed by atoms with Gasteiger partial charge in [0.25, 0.3) is 5.69 Å². The van der Waals surface area contributed by atoms with Gasteiger partial charge in [0, 0.05) is 26.2 Å². The van der Waals surface area contributed by atoms with E-state index in [1.807, 2.05) is 0 Å². The molecule has 12 heteroatoms. The molecule has 0 aliphatic carbocycles. The maximum atomic E-state index is 13.4. The first-order valence-electron chi connectivity index (χ1n) is 8.86. The van der Waals surface area contributed by atoms with Crippen LogP contribution >= 0.6 is 0 Å². The Hall–Kier alpha value is -3.25. The topological polar surface area (TPSA) is 122 Å². The summed E-state index contributed by atoms with van der Waals surface area (Å²) in [5.74, 6) is -0.383. The largest absolute Gasteiger partial charge is 0.496 e. The first kappa shape index (κ1) is 21.5. The quantitative estimate of drug-likeness (QED) is 0.565. The first-order valence-corrected chi connectivity index (χ1v) is 10.3. The van der Waals surface area contributed by atoms with E-state index in [1.165, 1.54) is 46.6 Å². The number of nitrogens with zero attached hydrogens (tertiary/aromatic N) is 3. The van der Waals surface area contributed by atoms with Crippen LogP contribution in [0.25, 0.3) is 0 Å². The highest BCUT2D eigenvalue weighted by atomic mass is 32.2. The number of halogens is 1. The monoisotopic (exact) mass is 438 g/mol. The van der Waals surface area contributed by atoms with Gasteiger partial charge in [0.15, 0.2) is 0 Å². The van der Waals surface area contributed by atoms with E-state index in [2.05, 4.69) is 5.32 Å². The van der Waals surface area contributed by atoms with Gasteiger partial charge in [-0.1, -0.05) is 6.07 Å². The number of sulfonamides is 1. The normalized spacial score (nSPS) is 14.9. The first-order chi connectivity index (χ1) is 14.2. The Bertz CT molecular complexity index is 1070. The molecule has 10 nitrogen and oxygen atoms in total. The van der Waals surface area contributed by atoms with E-state index >= 15 is 0 Å². The fraction of sp³-hybridized carbons (Fsp3) is 0.278. The highest BCUT2D eigenvalue weighted by molar-refractivity contribution is 7.89. The number of hydrogen-bond donors (Lipinski definition) is 1. The van der Waals surface area contributed by atoms with E-state index in [0.29, 0.717) is 0 Å². The van der Waals surface area contributed by atoms with Crippen LogP contribution in [0, 0.1) is 15.9 Å². The van der Waals surface area contributed by atoms with E-state index in [1.54, 1.807) is 0 Å². The van der Waals surface area contributed by atoms with Crippen LogP contribution in [0.1, 0.15) is 0 Å². The number of benzene rings is 2. The smallest absolute Gasteiger partial charge is 0.322 e. The molecule has 1 fully saturated rings. The van der Waals surface area contributed by atoms with Gasteiger partial charge >= 0.3 is 6.03 Å². The third kappa shape index (κ3) is 4.49. The molecule has 2 aromatic rings. The van der Waals surface area contributed by atoms with Crippen molar-refractivity contribution >= 4 is 27.4 Å². The zero-order valence-electron chi connectivity index (χ0n) is 15.9. The Labute approximate surface area is 172 Å². The number of carbonyl (C=O) groups excluding carboxylic acids is 1. The summed E-state index contributed by atoms with van der Waals surface area (Å²) >= 11 is 0. The number of ether oxygens (including phenoxy) is 1. The van der Waals surface area contributed by atoms with Crippen molar-refractivity contribution in [3.63, 3.8) is 0 Å². The minimum absolute atomic E-state index is 0.000567. The SMILES string of the molecule is COc1ccc(NC(=O)N2CCN(S(=O)(=O)c3cccc(F)c3)CC2)c([N+](=O)[O-])c1. The predicted octanol–water partition coefficient (Wildman–Crippen LogP) is 2.28. The Morgan fingerprint density at radius 2 is 1.87 bits per heavy atom. The molecule has 1 aliphatic heterocycles. The highest BCUT2D eigenvalue weighted by Crippen LogP contribution is 2.29. The van der Waals surface area contributed by atoms with Crippen LogP contribution in [0.2, 0.25) is 0 Å². The maximum Gasteiger partial charge on any atom is 0.322 e. The summed E-state index contributed by atoms with van der Waals surface area (Å²) in [4.78, 5) is 24.3. The fourth-order valence-electron chi connectivity index (χ4n) is 3.00. The molecule has 0 radical (unpaired) electrons. The number of nitro benzene ring substituents is 1. The van der Waals surface area contributed by atoms with Crippen molar-refractivity contribution in [3.8, 4) is 5.75 Å². The van der Waals surface area contributed by atoms with Gasteiger partial charge in [-0.05, 0) is 30.3 Å². The Morgan fingerprint density at radius 1 is 1.17 bits per heavy atom. The van der Waals surface area contributed by atoms with E-state index < -0.39 is 26.8 Å².